The lowest BCUT2D eigenvalue weighted by molar-refractivity contribution is 0.0977. The largest absolute Gasteiger partial charge is 0.301 e. The van der Waals surface area contributed by atoms with Gasteiger partial charge in [-0.1, -0.05) is 24.8 Å². The molecule has 0 fully saturated rings. The van der Waals surface area contributed by atoms with Crippen molar-refractivity contribution in [2.24, 2.45) is 4.99 Å². The number of amidine groups is 1. The maximum absolute atomic E-state index is 12.2. The Balaban J connectivity index is 2.28. The normalized spacial score (nSPS) is 14.9. The molecule has 6 nitrogen and oxygen atoms in total. The van der Waals surface area contributed by atoms with E-state index in [2.05, 4.69) is 15.0 Å². The standard InChI is InChI=1S/C13H17N3O3S2/c1-3-15-21(18,19)10-5-4-9(2)11(8-10)12(17)16-13-14-6-7-20-13/h4-5,8,15H,3,6-7H2,1-2H3,(H,14,16,17). The number of rotatable bonds is 4. The van der Waals surface area contributed by atoms with Gasteiger partial charge in [0.05, 0.1) is 11.4 Å². The second-order valence-corrected chi connectivity index (χ2v) is 7.32. The predicted octanol–water partition coefficient (Wildman–Crippen LogP) is 1.13. The summed E-state index contributed by atoms with van der Waals surface area (Å²) in [6.07, 6.45) is 0. The van der Waals surface area contributed by atoms with Crippen LogP contribution in [0, 0.1) is 6.92 Å². The van der Waals surface area contributed by atoms with E-state index in [1.54, 1.807) is 19.9 Å². The zero-order chi connectivity index (χ0) is 15.5. The number of hydrogen-bond acceptors (Lipinski definition) is 5. The molecule has 0 spiro atoms. The van der Waals surface area contributed by atoms with Gasteiger partial charge in [-0.3, -0.25) is 9.79 Å². The van der Waals surface area contributed by atoms with E-state index in [1.165, 1.54) is 23.9 Å². The highest BCUT2D eigenvalue weighted by atomic mass is 32.2. The molecule has 0 saturated heterocycles. The fraction of sp³-hybridized carbons (Fsp3) is 0.385. The number of aryl methyl sites for hydroxylation is 1. The number of carbonyl (C=O) groups is 1. The Kier molecular flexibility index (Phi) is 5.02. The van der Waals surface area contributed by atoms with Gasteiger partial charge in [-0.05, 0) is 24.6 Å². The van der Waals surface area contributed by atoms with E-state index >= 15 is 0 Å². The summed E-state index contributed by atoms with van der Waals surface area (Å²) in [5, 5.41) is 3.29. The molecular weight excluding hydrogens is 310 g/mol. The van der Waals surface area contributed by atoms with E-state index in [9.17, 15) is 13.2 Å². The number of nitrogens with one attached hydrogen (secondary N) is 2. The molecule has 1 aliphatic rings. The van der Waals surface area contributed by atoms with Gasteiger partial charge >= 0.3 is 0 Å². The van der Waals surface area contributed by atoms with Crippen molar-refractivity contribution >= 4 is 32.9 Å². The first-order valence-corrected chi connectivity index (χ1v) is 9.00. The van der Waals surface area contributed by atoms with Crippen molar-refractivity contribution in [3.05, 3.63) is 29.3 Å². The Morgan fingerprint density at radius 2 is 2.19 bits per heavy atom. The zero-order valence-corrected chi connectivity index (χ0v) is 13.5. The van der Waals surface area contributed by atoms with E-state index in [-0.39, 0.29) is 10.8 Å². The van der Waals surface area contributed by atoms with Crippen LogP contribution in [0.15, 0.2) is 28.1 Å². The molecule has 0 bridgehead atoms. The molecule has 8 heteroatoms. The minimum atomic E-state index is -3.58. The fourth-order valence-corrected chi connectivity index (χ4v) is 3.65. The SMILES string of the molecule is CCNS(=O)(=O)c1ccc(C)c(C(=O)NC2=NCCS2)c1. The van der Waals surface area contributed by atoms with E-state index in [4.69, 9.17) is 0 Å². The summed E-state index contributed by atoms with van der Waals surface area (Å²) in [6.45, 7) is 4.45. The molecule has 1 amide bonds. The molecule has 1 aromatic carbocycles. The van der Waals surface area contributed by atoms with Gasteiger partial charge in [-0.15, -0.1) is 0 Å². The van der Waals surface area contributed by atoms with Gasteiger partial charge in [0, 0.05) is 17.9 Å². The molecule has 0 aromatic heterocycles. The average molecular weight is 327 g/mol. The molecule has 1 aliphatic heterocycles. The molecule has 0 unspecified atom stereocenters. The number of benzene rings is 1. The molecule has 2 N–H and O–H groups in total. The molecular formula is C13H17N3O3S2. The lowest BCUT2D eigenvalue weighted by atomic mass is 10.1. The van der Waals surface area contributed by atoms with Crippen molar-refractivity contribution in [3.8, 4) is 0 Å². The third-order valence-electron chi connectivity index (χ3n) is 2.90. The number of hydrogen-bond donors (Lipinski definition) is 2. The maximum Gasteiger partial charge on any atom is 0.257 e. The van der Waals surface area contributed by atoms with Crippen molar-refractivity contribution in [1.29, 1.82) is 0 Å². The Morgan fingerprint density at radius 1 is 1.43 bits per heavy atom. The molecule has 1 heterocycles. The molecule has 1 aromatic rings. The van der Waals surface area contributed by atoms with Crippen LogP contribution in [-0.2, 0) is 10.0 Å². The topological polar surface area (TPSA) is 87.6 Å². The first-order chi connectivity index (χ1) is 9.94. The molecule has 114 valence electrons. The summed E-state index contributed by atoms with van der Waals surface area (Å²) in [7, 11) is -3.58. The van der Waals surface area contributed by atoms with Crippen LogP contribution in [0.25, 0.3) is 0 Å². The second-order valence-electron chi connectivity index (χ2n) is 4.47. The monoisotopic (exact) mass is 327 g/mol. The summed E-state index contributed by atoms with van der Waals surface area (Å²) in [5.74, 6) is 0.512. The highest BCUT2D eigenvalue weighted by Crippen LogP contribution is 2.17. The number of thioether (sulfide) groups is 1. The van der Waals surface area contributed by atoms with E-state index < -0.39 is 10.0 Å². The lowest BCUT2D eigenvalue weighted by Crippen LogP contribution is -2.29. The van der Waals surface area contributed by atoms with Gasteiger partial charge in [0.25, 0.3) is 5.91 Å². The summed E-state index contributed by atoms with van der Waals surface area (Å²) in [6, 6.07) is 4.51. The smallest absolute Gasteiger partial charge is 0.257 e. The zero-order valence-electron chi connectivity index (χ0n) is 11.8. The average Bonchev–Trinajstić information content (AvgIpc) is 2.91. The van der Waals surface area contributed by atoms with Gasteiger partial charge in [0.1, 0.15) is 0 Å². The van der Waals surface area contributed by atoms with E-state index in [0.717, 1.165) is 5.75 Å². The van der Waals surface area contributed by atoms with Crippen molar-refractivity contribution in [1.82, 2.24) is 10.0 Å². The first-order valence-electron chi connectivity index (χ1n) is 6.53. The van der Waals surface area contributed by atoms with Gasteiger partial charge in [-0.25, -0.2) is 13.1 Å². The molecule has 0 radical (unpaired) electrons. The predicted molar refractivity (Wildman–Crippen MR) is 84.3 cm³/mol. The lowest BCUT2D eigenvalue weighted by Gasteiger charge is -2.10. The third-order valence-corrected chi connectivity index (χ3v) is 5.34. The van der Waals surface area contributed by atoms with Crippen LogP contribution in [-0.4, -0.2) is 38.3 Å². The Bertz CT molecular complexity index is 684. The van der Waals surface area contributed by atoms with Crippen molar-refractivity contribution in [3.63, 3.8) is 0 Å². The minimum absolute atomic E-state index is 0.0844. The summed E-state index contributed by atoms with van der Waals surface area (Å²) >= 11 is 1.48. The molecule has 0 atom stereocenters. The Labute approximate surface area is 128 Å². The van der Waals surface area contributed by atoms with Crippen LogP contribution in [0.3, 0.4) is 0 Å². The van der Waals surface area contributed by atoms with Crippen LogP contribution in [0.1, 0.15) is 22.8 Å². The summed E-state index contributed by atoms with van der Waals surface area (Å²) < 4.78 is 26.4. The van der Waals surface area contributed by atoms with Crippen LogP contribution in [0.2, 0.25) is 0 Å². The molecule has 0 aliphatic carbocycles. The van der Waals surface area contributed by atoms with Gasteiger partial charge in [-0.2, -0.15) is 0 Å². The molecule has 0 saturated carbocycles. The second kappa shape index (κ2) is 6.59. The quantitative estimate of drug-likeness (QED) is 0.868. The van der Waals surface area contributed by atoms with Crippen LogP contribution >= 0.6 is 11.8 Å². The van der Waals surface area contributed by atoms with Crippen LogP contribution < -0.4 is 10.0 Å². The Hall–Kier alpha value is -1.38. The van der Waals surface area contributed by atoms with Crippen molar-refractivity contribution in [2.75, 3.05) is 18.8 Å². The van der Waals surface area contributed by atoms with E-state index in [1.807, 2.05) is 0 Å². The van der Waals surface area contributed by atoms with E-state index in [0.29, 0.717) is 29.4 Å². The number of sulfonamides is 1. The number of aliphatic imine (C=N–C) groups is 1. The van der Waals surface area contributed by atoms with Crippen LogP contribution in [0.4, 0.5) is 0 Å². The highest BCUT2D eigenvalue weighted by molar-refractivity contribution is 8.14. The maximum atomic E-state index is 12.2. The number of amides is 1. The third kappa shape index (κ3) is 3.84. The summed E-state index contributed by atoms with van der Waals surface area (Å²) in [4.78, 5) is 16.5. The fourth-order valence-electron chi connectivity index (χ4n) is 1.86. The summed E-state index contributed by atoms with van der Waals surface area (Å²) in [5.41, 5.74) is 1.05. The van der Waals surface area contributed by atoms with Gasteiger partial charge < -0.3 is 5.32 Å². The van der Waals surface area contributed by atoms with Gasteiger partial charge in [0.2, 0.25) is 10.0 Å². The Morgan fingerprint density at radius 3 is 2.81 bits per heavy atom. The van der Waals surface area contributed by atoms with Crippen molar-refractivity contribution < 1.29 is 13.2 Å². The van der Waals surface area contributed by atoms with Gasteiger partial charge in [0.15, 0.2) is 5.17 Å². The first kappa shape index (κ1) is 16.0. The highest BCUT2D eigenvalue weighted by Gasteiger charge is 2.19. The number of carbonyl (C=O) groups excluding carboxylic acids is 1. The minimum Gasteiger partial charge on any atom is -0.301 e. The number of nitrogens with zero attached hydrogens (tertiary/aromatic N) is 1. The van der Waals surface area contributed by atoms with Crippen LogP contribution in [0.5, 0.6) is 0 Å². The van der Waals surface area contributed by atoms with Crippen molar-refractivity contribution in [2.45, 2.75) is 18.7 Å². The molecule has 21 heavy (non-hydrogen) atoms. The molecule has 2 rings (SSSR count).